The van der Waals surface area contributed by atoms with Gasteiger partial charge in [0.15, 0.2) is 6.10 Å². The highest BCUT2D eigenvalue weighted by atomic mass is 35.5. The number of hydrogen-bond acceptors (Lipinski definition) is 5. The molecule has 1 atom stereocenters. The molecular formula is C22H19ClN2O5S. The van der Waals surface area contributed by atoms with Crippen LogP contribution in [0.1, 0.15) is 0 Å². The Morgan fingerprint density at radius 3 is 2.61 bits per heavy atom. The second-order valence-corrected chi connectivity index (χ2v) is 9.09. The van der Waals surface area contributed by atoms with Gasteiger partial charge >= 0.3 is 0 Å². The molecule has 0 radical (unpaired) electrons. The van der Waals surface area contributed by atoms with Gasteiger partial charge in [0, 0.05) is 16.8 Å². The number of anilines is 2. The van der Waals surface area contributed by atoms with E-state index in [4.69, 9.17) is 21.1 Å². The Hall–Kier alpha value is -3.23. The molecule has 4 rings (SSSR count). The Labute approximate surface area is 185 Å². The topological polar surface area (TPSA) is 84.9 Å². The number of benzene rings is 3. The maximum Gasteiger partial charge on any atom is 0.267 e. The number of sulfonamides is 1. The van der Waals surface area contributed by atoms with Gasteiger partial charge in [0.2, 0.25) is 0 Å². The van der Waals surface area contributed by atoms with Gasteiger partial charge in [0.1, 0.15) is 11.5 Å². The number of hydrogen-bond donors (Lipinski definition) is 1. The smallest absolute Gasteiger partial charge is 0.267 e. The quantitative estimate of drug-likeness (QED) is 0.626. The van der Waals surface area contributed by atoms with E-state index in [1.54, 1.807) is 54.6 Å². The van der Waals surface area contributed by atoms with Crippen LogP contribution in [0.2, 0.25) is 5.02 Å². The van der Waals surface area contributed by atoms with Gasteiger partial charge in [0.25, 0.3) is 15.9 Å². The van der Waals surface area contributed by atoms with E-state index in [9.17, 15) is 13.2 Å². The molecule has 1 aliphatic rings. The molecule has 0 saturated carbocycles. The van der Waals surface area contributed by atoms with Crippen LogP contribution in [-0.4, -0.2) is 34.1 Å². The first-order chi connectivity index (χ1) is 14.9. The fraction of sp³-hybridized carbons (Fsp3) is 0.136. The normalized spacial score (nSPS) is 15.5. The molecule has 3 aromatic rings. The molecule has 160 valence electrons. The molecule has 9 heteroatoms. The lowest BCUT2D eigenvalue weighted by molar-refractivity contribution is -0.122. The van der Waals surface area contributed by atoms with Crippen molar-refractivity contribution >= 4 is 38.9 Å². The Balaban J connectivity index is 1.68. The summed E-state index contributed by atoms with van der Waals surface area (Å²) in [6.45, 7) is -0.208. The molecule has 3 aromatic carbocycles. The molecule has 1 aliphatic heterocycles. The zero-order valence-corrected chi connectivity index (χ0v) is 18.1. The van der Waals surface area contributed by atoms with E-state index in [0.29, 0.717) is 16.5 Å². The molecule has 0 aliphatic carbocycles. The Kier molecular flexibility index (Phi) is 5.75. The van der Waals surface area contributed by atoms with Crippen molar-refractivity contribution in [3.05, 3.63) is 77.8 Å². The van der Waals surface area contributed by atoms with E-state index in [-0.39, 0.29) is 22.9 Å². The zero-order chi connectivity index (χ0) is 22.0. The third-order valence-electron chi connectivity index (χ3n) is 4.75. The monoisotopic (exact) mass is 458 g/mol. The summed E-state index contributed by atoms with van der Waals surface area (Å²) in [5.74, 6) is 0.346. The van der Waals surface area contributed by atoms with E-state index in [2.05, 4.69) is 5.32 Å². The predicted molar refractivity (Wildman–Crippen MR) is 118 cm³/mol. The number of nitrogens with zero attached hydrogens (tertiary/aromatic N) is 1. The van der Waals surface area contributed by atoms with E-state index < -0.39 is 22.0 Å². The number of carbonyl (C=O) groups is 1. The van der Waals surface area contributed by atoms with Crippen LogP contribution in [0.4, 0.5) is 11.4 Å². The van der Waals surface area contributed by atoms with Gasteiger partial charge in [-0.2, -0.15) is 0 Å². The fourth-order valence-corrected chi connectivity index (χ4v) is 4.89. The molecule has 1 heterocycles. The maximum absolute atomic E-state index is 13.4. The highest BCUT2D eigenvalue weighted by Crippen LogP contribution is 2.39. The van der Waals surface area contributed by atoms with Crippen LogP contribution in [0.5, 0.6) is 11.5 Å². The number of amides is 1. The zero-order valence-electron chi connectivity index (χ0n) is 16.5. The first kappa shape index (κ1) is 21.0. The average Bonchev–Trinajstić information content (AvgIpc) is 2.79. The molecule has 0 saturated heterocycles. The van der Waals surface area contributed by atoms with Gasteiger partial charge in [0.05, 0.1) is 24.2 Å². The minimum atomic E-state index is -3.95. The molecule has 0 fully saturated rings. The summed E-state index contributed by atoms with van der Waals surface area (Å²) in [4.78, 5) is 13.0. The summed E-state index contributed by atoms with van der Waals surface area (Å²) >= 11 is 6.10. The Bertz CT molecular complexity index is 1220. The summed E-state index contributed by atoms with van der Waals surface area (Å²) < 4.78 is 38.9. The van der Waals surface area contributed by atoms with Crippen molar-refractivity contribution in [1.82, 2.24) is 0 Å². The van der Waals surface area contributed by atoms with Crippen LogP contribution in [-0.2, 0) is 14.8 Å². The molecule has 1 amide bonds. The van der Waals surface area contributed by atoms with Crippen molar-refractivity contribution in [3.8, 4) is 11.5 Å². The van der Waals surface area contributed by atoms with Crippen molar-refractivity contribution in [2.24, 2.45) is 0 Å². The predicted octanol–water partition coefficient (Wildman–Crippen LogP) is 3.94. The Morgan fingerprint density at radius 1 is 1.10 bits per heavy atom. The SMILES string of the molecule is COc1cccc(NC(=O)[C@H]2CN(S(=O)(=O)c3ccccc3)c3cc(Cl)ccc3O2)c1. The van der Waals surface area contributed by atoms with E-state index in [1.165, 1.54) is 25.3 Å². The lowest BCUT2D eigenvalue weighted by Crippen LogP contribution is -2.48. The highest BCUT2D eigenvalue weighted by Gasteiger charge is 2.37. The van der Waals surface area contributed by atoms with E-state index >= 15 is 0 Å². The first-order valence-corrected chi connectivity index (χ1v) is 11.2. The lowest BCUT2D eigenvalue weighted by atomic mass is 10.2. The number of rotatable bonds is 5. The van der Waals surface area contributed by atoms with Gasteiger partial charge in [-0.3, -0.25) is 9.10 Å². The van der Waals surface area contributed by atoms with Gasteiger partial charge in [-0.05, 0) is 42.5 Å². The molecule has 0 unspecified atom stereocenters. The molecule has 0 aromatic heterocycles. The van der Waals surface area contributed by atoms with E-state index in [0.717, 1.165) is 4.31 Å². The van der Waals surface area contributed by atoms with Gasteiger partial charge in [-0.15, -0.1) is 0 Å². The van der Waals surface area contributed by atoms with Crippen molar-refractivity contribution in [2.75, 3.05) is 23.3 Å². The van der Waals surface area contributed by atoms with Crippen molar-refractivity contribution in [2.45, 2.75) is 11.0 Å². The molecule has 1 N–H and O–H groups in total. The minimum absolute atomic E-state index is 0.106. The fourth-order valence-electron chi connectivity index (χ4n) is 3.23. The summed E-state index contributed by atoms with van der Waals surface area (Å²) in [5, 5.41) is 3.11. The lowest BCUT2D eigenvalue weighted by Gasteiger charge is -2.34. The van der Waals surface area contributed by atoms with Gasteiger partial charge < -0.3 is 14.8 Å². The highest BCUT2D eigenvalue weighted by molar-refractivity contribution is 7.92. The number of halogens is 1. The van der Waals surface area contributed by atoms with Crippen LogP contribution in [0.3, 0.4) is 0 Å². The Morgan fingerprint density at radius 2 is 1.87 bits per heavy atom. The molecule has 0 bridgehead atoms. The van der Waals surface area contributed by atoms with Crippen LogP contribution in [0.25, 0.3) is 0 Å². The maximum atomic E-state index is 13.4. The second kappa shape index (κ2) is 8.49. The molecule has 7 nitrogen and oxygen atoms in total. The number of fused-ring (bicyclic) bond motifs is 1. The molecule has 31 heavy (non-hydrogen) atoms. The standard InChI is InChI=1S/C22H19ClN2O5S/c1-29-17-7-5-6-16(13-17)24-22(26)21-14-25(19-12-15(23)10-11-20(19)30-21)31(27,28)18-8-3-2-4-9-18/h2-13,21H,14H2,1H3,(H,24,26)/t21-/m1/s1. The minimum Gasteiger partial charge on any atom is -0.497 e. The number of ether oxygens (including phenoxy) is 2. The summed E-state index contributed by atoms with van der Waals surface area (Å²) in [5.41, 5.74) is 0.786. The van der Waals surface area contributed by atoms with Crippen molar-refractivity contribution in [1.29, 1.82) is 0 Å². The molecular weight excluding hydrogens is 440 g/mol. The summed E-state index contributed by atoms with van der Waals surface area (Å²) in [6.07, 6.45) is -1.07. The van der Waals surface area contributed by atoms with Gasteiger partial charge in [-0.1, -0.05) is 35.9 Å². The van der Waals surface area contributed by atoms with Crippen LogP contribution in [0.15, 0.2) is 77.7 Å². The average molecular weight is 459 g/mol. The van der Waals surface area contributed by atoms with Crippen LogP contribution < -0.4 is 19.1 Å². The second-order valence-electron chi connectivity index (χ2n) is 6.79. The third kappa shape index (κ3) is 4.30. The first-order valence-electron chi connectivity index (χ1n) is 9.37. The number of nitrogens with one attached hydrogen (secondary N) is 1. The van der Waals surface area contributed by atoms with Crippen molar-refractivity contribution < 1.29 is 22.7 Å². The third-order valence-corrected chi connectivity index (χ3v) is 6.78. The van der Waals surface area contributed by atoms with Crippen molar-refractivity contribution in [3.63, 3.8) is 0 Å². The van der Waals surface area contributed by atoms with Crippen LogP contribution in [0, 0.1) is 0 Å². The summed E-state index contributed by atoms with van der Waals surface area (Å²) in [6, 6.07) is 19.5. The van der Waals surface area contributed by atoms with Gasteiger partial charge in [-0.25, -0.2) is 8.42 Å². The summed E-state index contributed by atoms with van der Waals surface area (Å²) in [7, 11) is -2.42. The van der Waals surface area contributed by atoms with E-state index in [1.807, 2.05) is 0 Å². The largest absolute Gasteiger partial charge is 0.497 e. The number of carbonyl (C=O) groups excluding carboxylic acids is 1. The molecule has 0 spiro atoms. The number of methoxy groups -OCH3 is 1. The van der Waals surface area contributed by atoms with Crippen LogP contribution >= 0.6 is 11.6 Å².